The SMILES string of the molecule is COc1ccc(CN=C(N)NC#N)cc1OC. The van der Waals surface area contributed by atoms with E-state index in [1.54, 1.807) is 26.5 Å². The molecule has 3 N–H and O–H groups in total. The molecule has 0 saturated carbocycles. The number of benzene rings is 1. The molecule has 17 heavy (non-hydrogen) atoms. The normalized spacial score (nSPS) is 10.5. The zero-order valence-electron chi connectivity index (χ0n) is 9.73. The lowest BCUT2D eigenvalue weighted by atomic mass is 10.2. The topological polar surface area (TPSA) is 92.7 Å². The Bertz CT molecular complexity index is 451. The molecule has 1 rings (SSSR count). The van der Waals surface area contributed by atoms with Gasteiger partial charge in [-0.05, 0) is 17.7 Å². The smallest absolute Gasteiger partial charge is 0.202 e. The molecule has 0 saturated heterocycles. The predicted octanol–water partition coefficient (Wildman–Crippen LogP) is 0.589. The number of nitrogens with two attached hydrogens (primary N) is 1. The Labute approximate surface area is 99.7 Å². The number of hydrogen-bond acceptors (Lipinski definition) is 4. The van der Waals surface area contributed by atoms with Gasteiger partial charge in [0.05, 0.1) is 20.8 Å². The van der Waals surface area contributed by atoms with Crippen LogP contribution in [-0.4, -0.2) is 20.2 Å². The van der Waals surface area contributed by atoms with Crippen molar-refractivity contribution in [3.05, 3.63) is 23.8 Å². The molecule has 0 spiro atoms. The summed E-state index contributed by atoms with van der Waals surface area (Å²) in [4.78, 5) is 3.98. The molecule has 0 aliphatic carbocycles. The molecule has 0 radical (unpaired) electrons. The first-order chi connectivity index (χ1) is 8.21. The third-order valence-corrected chi connectivity index (χ3v) is 2.06. The molecule has 0 atom stereocenters. The van der Waals surface area contributed by atoms with Gasteiger partial charge in [-0.25, -0.2) is 4.99 Å². The lowest BCUT2D eigenvalue weighted by Gasteiger charge is -2.08. The highest BCUT2D eigenvalue weighted by molar-refractivity contribution is 5.79. The van der Waals surface area contributed by atoms with Gasteiger partial charge in [-0.3, -0.25) is 5.32 Å². The summed E-state index contributed by atoms with van der Waals surface area (Å²) in [6.07, 6.45) is 1.69. The first-order valence-electron chi connectivity index (χ1n) is 4.87. The van der Waals surface area contributed by atoms with E-state index in [2.05, 4.69) is 10.3 Å². The summed E-state index contributed by atoms with van der Waals surface area (Å²) in [6, 6.07) is 5.45. The number of nitriles is 1. The molecular formula is C11H14N4O2. The van der Waals surface area contributed by atoms with Gasteiger partial charge in [-0.2, -0.15) is 5.26 Å². The first kappa shape index (κ1) is 12.6. The average molecular weight is 234 g/mol. The molecule has 90 valence electrons. The summed E-state index contributed by atoms with van der Waals surface area (Å²) in [7, 11) is 3.14. The fourth-order valence-corrected chi connectivity index (χ4v) is 1.25. The number of guanidine groups is 1. The first-order valence-corrected chi connectivity index (χ1v) is 4.87. The molecule has 6 heteroatoms. The molecule has 0 heterocycles. The average Bonchev–Trinajstić information content (AvgIpc) is 2.36. The Hall–Kier alpha value is -2.42. The van der Waals surface area contributed by atoms with Crippen LogP contribution in [0.3, 0.4) is 0 Å². The molecule has 0 bridgehead atoms. The molecule has 1 aromatic carbocycles. The van der Waals surface area contributed by atoms with Crippen molar-refractivity contribution in [2.45, 2.75) is 6.54 Å². The number of rotatable bonds is 4. The number of methoxy groups -OCH3 is 2. The second-order valence-corrected chi connectivity index (χ2v) is 3.13. The molecule has 0 fully saturated rings. The zero-order valence-corrected chi connectivity index (χ0v) is 9.73. The fourth-order valence-electron chi connectivity index (χ4n) is 1.25. The third kappa shape index (κ3) is 3.57. The Morgan fingerprint density at radius 1 is 1.41 bits per heavy atom. The summed E-state index contributed by atoms with van der Waals surface area (Å²) in [5.74, 6) is 1.37. The lowest BCUT2D eigenvalue weighted by molar-refractivity contribution is 0.354. The number of hydrogen-bond donors (Lipinski definition) is 2. The van der Waals surface area contributed by atoms with Crippen molar-refractivity contribution in [3.8, 4) is 17.7 Å². The molecule has 6 nitrogen and oxygen atoms in total. The van der Waals surface area contributed by atoms with Gasteiger partial charge in [-0.1, -0.05) is 6.07 Å². The van der Waals surface area contributed by atoms with Crippen LogP contribution in [0.25, 0.3) is 0 Å². The number of aliphatic imine (C=N–C) groups is 1. The molecular weight excluding hydrogens is 220 g/mol. The maximum absolute atomic E-state index is 8.33. The van der Waals surface area contributed by atoms with Gasteiger partial charge in [-0.15, -0.1) is 0 Å². The van der Waals surface area contributed by atoms with E-state index in [9.17, 15) is 0 Å². The zero-order chi connectivity index (χ0) is 12.7. The highest BCUT2D eigenvalue weighted by atomic mass is 16.5. The summed E-state index contributed by atoms with van der Waals surface area (Å²) >= 11 is 0. The second-order valence-electron chi connectivity index (χ2n) is 3.13. The maximum Gasteiger partial charge on any atom is 0.202 e. The predicted molar refractivity (Wildman–Crippen MR) is 63.6 cm³/mol. The second kappa shape index (κ2) is 6.23. The van der Waals surface area contributed by atoms with E-state index >= 15 is 0 Å². The van der Waals surface area contributed by atoms with Gasteiger partial charge in [0.2, 0.25) is 5.96 Å². The van der Waals surface area contributed by atoms with Crippen LogP contribution < -0.4 is 20.5 Å². The van der Waals surface area contributed by atoms with E-state index in [0.29, 0.717) is 18.0 Å². The highest BCUT2D eigenvalue weighted by Crippen LogP contribution is 2.27. The largest absolute Gasteiger partial charge is 0.493 e. The van der Waals surface area contributed by atoms with Crippen LogP contribution in [0.5, 0.6) is 11.5 Å². The standard InChI is InChI=1S/C11H14N4O2/c1-16-9-4-3-8(5-10(9)17-2)6-14-11(13)15-7-12/h3-5H,6H2,1-2H3,(H3,13,14,15). The van der Waals surface area contributed by atoms with E-state index in [1.807, 2.05) is 12.1 Å². The van der Waals surface area contributed by atoms with Crippen LogP contribution in [0.1, 0.15) is 5.56 Å². The van der Waals surface area contributed by atoms with Gasteiger partial charge in [0.1, 0.15) is 0 Å². The highest BCUT2D eigenvalue weighted by Gasteiger charge is 2.03. The molecule has 0 aliphatic heterocycles. The molecule has 0 aromatic heterocycles. The van der Waals surface area contributed by atoms with Crippen molar-refractivity contribution >= 4 is 5.96 Å². The van der Waals surface area contributed by atoms with Crippen LogP contribution in [0.4, 0.5) is 0 Å². The third-order valence-electron chi connectivity index (χ3n) is 2.06. The number of nitrogens with one attached hydrogen (secondary N) is 1. The van der Waals surface area contributed by atoms with E-state index in [1.165, 1.54) is 0 Å². The van der Waals surface area contributed by atoms with Crippen molar-refractivity contribution in [1.82, 2.24) is 5.32 Å². The van der Waals surface area contributed by atoms with E-state index in [0.717, 1.165) is 5.56 Å². The van der Waals surface area contributed by atoms with Crippen LogP contribution in [0, 0.1) is 11.5 Å². The molecule has 1 aromatic rings. The van der Waals surface area contributed by atoms with Crippen molar-refractivity contribution in [1.29, 1.82) is 5.26 Å². The van der Waals surface area contributed by atoms with E-state index in [-0.39, 0.29) is 5.96 Å². The quantitative estimate of drug-likeness (QED) is 0.344. The van der Waals surface area contributed by atoms with Gasteiger partial charge in [0.25, 0.3) is 0 Å². The van der Waals surface area contributed by atoms with Crippen LogP contribution in [0.2, 0.25) is 0 Å². The Balaban J connectivity index is 2.80. The maximum atomic E-state index is 8.33. The number of ether oxygens (including phenoxy) is 2. The molecule has 0 amide bonds. The fraction of sp³-hybridized carbons (Fsp3) is 0.273. The van der Waals surface area contributed by atoms with Crippen molar-refractivity contribution in [2.75, 3.05) is 14.2 Å². The Kier molecular flexibility index (Phi) is 4.63. The summed E-state index contributed by atoms with van der Waals surface area (Å²) in [6.45, 7) is 0.362. The van der Waals surface area contributed by atoms with E-state index in [4.69, 9.17) is 20.5 Å². The van der Waals surface area contributed by atoms with Crippen molar-refractivity contribution in [3.63, 3.8) is 0 Å². The van der Waals surface area contributed by atoms with Gasteiger partial charge >= 0.3 is 0 Å². The van der Waals surface area contributed by atoms with E-state index < -0.39 is 0 Å². The minimum atomic E-state index is 0.0854. The molecule has 0 unspecified atom stereocenters. The van der Waals surface area contributed by atoms with Gasteiger partial charge in [0.15, 0.2) is 17.7 Å². The minimum absolute atomic E-state index is 0.0854. The monoisotopic (exact) mass is 234 g/mol. The van der Waals surface area contributed by atoms with Crippen LogP contribution in [0.15, 0.2) is 23.2 Å². The van der Waals surface area contributed by atoms with Crippen LogP contribution >= 0.6 is 0 Å². The summed E-state index contributed by atoms with van der Waals surface area (Å²) in [5, 5.41) is 10.6. The summed E-state index contributed by atoms with van der Waals surface area (Å²) < 4.78 is 10.3. The summed E-state index contributed by atoms with van der Waals surface area (Å²) in [5.41, 5.74) is 6.33. The van der Waals surface area contributed by atoms with Crippen molar-refractivity contribution < 1.29 is 9.47 Å². The van der Waals surface area contributed by atoms with Crippen molar-refractivity contribution in [2.24, 2.45) is 10.7 Å². The Morgan fingerprint density at radius 3 is 2.71 bits per heavy atom. The van der Waals surface area contributed by atoms with Gasteiger partial charge < -0.3 is 15.2 Å². The van der Waals surface area contributed by atoms with Crippen LogP contribution in [-0.2, 0) is 6.54 Å². The molecule has 0 aliphatic rings. The van der Waals surface area contributed by atoms with Gasteiger partial charge in [0, 0.05) is 0 Å². The minimum Gasteiger partial charge on any atom is -0.493 e. The Morgan fingerprint density at radius 2 is 2.12 bits per heavy atom. The number of nitrogens with zero attached hydrogens (tertiary/aromatic N) is 2. The lowest BCUT2D eigenvalue weighted by Crippen LogP contribution is -2.27.